The fraction of sp³-hybridized carbons (Fsp3) is 0.421. The van der Waals surface area contributed by atoms with Crippen LogP contribution in [0.3, 0.4) is 0 Å². The van der Waals surface area contributed by atoms with Gasteiger partial charge >= 0.3 is 0 Å². The Morgan fingerprint density at radius 3 is 2.80 bits per heavy atom. The molecule has 3 rings (SSSR count). The van der Waals surface area contributed by atoms with Crippen molar-refractivity contribution >= 4 is 11.7 Å². The number of benzene rings is 1. The highest BCUT2D eigenvalue weighted by atomic mass is 19.1. The van der Waals surface area contributed by atoms with E-state index in [0.717, 1.165) is 49.4 Å². The summed E-state index contributed by atoms with van der Waals surface area (Å²) in [6, 6.07) is 6.14. The maximum atomic E-state index is 13.0. The standard InChI is InChI=1S/C19H23FN4O/c1-21-19-17(22-8-9-23-19)11-15-3-2-10-24(13-15)18(25)12-14-4-6-16(20)7-5-14/h4-9,15H,2-3,10-13H2,1H3,(H,21,23). The van der Waals surface area contributed by atoms with Gasteiger partial charge in [0.1, 0.15) is 11.6 Å². The molecule has 0 saturated carbocycles. The molecule has 1 amide bonds. The van der Waals surface area contributed by atoms with E-state index in [0.29, 0.717) is 12.3 Å². The Kier molecular flexibility index (Phi) is 5.58. The molecule has 2 heterocycles. The molecule has 1 aromatic heterocycles. The van der Waals surface area contributed by atoms with Crippen LogP contribution in [-0.4, -0.2) is 40.9 Å². The second-order valence-electron chi connectivity index (χ2n) is 6.46. The van der Waals surface area contributed by atoms with Crippen LogP contribution in [0.2, 0.25) is 0 Å². The Morgan fingerprint density at radius 2 is 2.04 bits per heavy atom. The summed E-state index contributed by atoms with van der Waals surface area (Å²) in [6.45, 7) is 1.52. The number of piperidine rings is 1. The van der Waals surface area contributed by atoms with E-state index in [-0.39, 0.29) is 11.7 Å². The van der Waals surface area contributed by atoms with Gasteiger partial charge in [-0.15, -0.1) is 0 Å². The lowest BCUT2D eigenvalue weighted by atomic mass is 9.92. The number of nitrogens with one attached hydrogen (secondary N) is 1. The summed E-state index contributed by atoms with van der Waals surface area (Å²) in [7, 11) is 1.84. The Hall–Kier alpha value is -2.50. The van der Waals surface area contributed by atoms with E-state index in [1.54, 1.807) is 24.5 Å². The molecule has 1 aliphatic heterocycles. The van der Waals surface area contributed by atoms with Crippen LogP contribution in [0.5, 0.6) is 0 Å². The topological polar surface area (TPSA) is 58.1 Å². The van der Waals surface area contributed by atoms with Gasteiger partial charge in [-0.25, -0.2) is 9.37 Å². The van der Waals surface area contributed by atoms with Crippen molar-refractivity contribution < 1.29 is 9.18 Å². The zero-order valence-corrected chi connectivity index (χ0v) is 14.4. The number of likely N-dealkylation sites (tertiary alicyclic amines) is 1. The van der Waals surface area contributed by atoms with Gasteiger partial charge in [0.2, 0.25) is 5.91 Å². The van der Waals surface area contributed by atoms with Crippen LogP contribution in [0.25, 0.3) is 0 Å². The van der Waals surface area contributed by atoms with Gasteiger partial charge in [-0.3, -0.25) is 9.78 Å². The van der Waals surface area contributed by atoms with Gasteiger partial charge in [0.15, 0.2) is 0 Å². The maximum Gasteiger partial charge on any atom is 0.226 e. The third kappa shape index (κ3) is 4.53. The molecule has 1 aromatic carbocycles. The van der Waals surface area contributed by atoms with E-state index in [2.05, 4.69) is 15.3 Å². The van der Waals surface area contributed by atoms with Gasteiger partial charge in [-0.05, 0) is 42.9 Å². The van der Waals surface area contributed by atoms with Gasteiger partial charge in [0.05, 0.1) is 12.1 Å². The number of hydrogen-bond donors (Lipinski definition) is 1. The van der Waals surface area contributed by atoms with Gasteiger partial charge in [0.25, 0.3) is 0 Å². The highest BCUT2D eigenvalue weighted by Gasteiger charge is 2.25. The number of anilines is 1. The van der Waals surface area contributed by atoms with Crippen LogP contribution in [-0.2, 0) is 17.6 Å². The molecule has 5 nitrogen and oxygen atoms in total. The first-order valence-electron chi connectivity index (χ1n) is 8.65. The molecule has 1 aliphatic rings. The van der Waals surface area contributed by atoms with Crippen molar-refractivity contribution in [2.45, 2.75) is 25.7 Å². The molecule has 1 saturated heterocycles. The van der Waals surface area contributed by atoms with Crippen molar-refractivity contribution in [2.75, 3.05) is 25.5 Å². The largest absolute Gasteiger partial charge is 0.372 e. The molecular weight excluding hydrogens is 319 g/mol. The number of hydrogen-bond acceptors (Lipinski definition) is 4. The van der Waals surface area contributed by atoms with Gasteiger partial charge < -0.3 is 10.2 Å². The predicted octanol–water partition coefficient (Wildman–Crippen LogP) is 2.68. The number of amides is 1. The average Bonchev–Trinajstić information content (AvgIpc) is 2.64. The maximum absolute atomic E-state index is 13.0. The summed E-state index contributed by atoms with van der Waals surface area (Å²) >= 11 is 0. The molecule has 25 heavy (non-hydrogen) atoms. The van der Waals surface area contributed by atoms with Crippen molar-refractivity contribution in [3.8, 4) is 0 Å². The first kappa shape index (κ1) is 17.3. The smallest absolute Gasteiger partial charge is 0.226 e. The lowest BCUT2D eigenvalue weighted by molar-refractivity contribution is -0.132. The molecule has 1 atom stereocenters. The first-order valence-corrected chi connectivity index (χ1v) is 8.65. The summed E-state index contributed by atoms with van der Waals surface area (Å²) in [4.78, 5) is 23.2. The van der Waals surface area contributed by atoms with Crippen LogP contribution in [0.15, 0.2) is 36.7 Å². The Balaban J connectivity index is 1.60. The van der Waals surface area contributed by atoms with Gasteiger partial charge in [0, 0.05) is 32.5 Å². The van der Waals surface area contributed by atoms with E-state index in [4.69, 9.17) is 0 Å². The normalized spacial score (nSPS) is 17.4. The van der Waals surface area contributed by atoms with Gasteiger partial charge in [-0.2, -0.15) is 0 Å². The summed E-state index contributed by atoms with van der Waals surface area (Å²) in [5, 5.41) is 3.07. The molecule has 6 heteroatoms. The molecule has 1 unspecified atom stereocenters. The SMILES string of the molecule is CNc1nccnc1CC1CCCN(C(=O)Cc2ccc(F)cc2)C1. The van der Waals surface area contributed by atoms with Crippen LogP contribution < -0.4 is 5.32 Å². The van der Waals surface area contributed by atoms with Crippen LogP contribution in [0.1, 0.15) is 24.1 Å². The van der Waals surface area contributed by atoms with Crippen LogP contribution in [0.4, 0.5) is 10.2 Å². The van der Waals surface area contributed by atoms with Crippen molar-refractivity contribution in [3.63, 3.8) is 0 Å². The minimum absolute atomic E-state index is 0.101. The molecule has 0 aliphatic carbocycles. The molecule has 0 radical (unpaired) electrons. The number of carbonyl (C=O) groups is 1. The van der Waals surface area contributed by atoms with E-state index in [1.165, 1.54) is 12.1 Å². The molecule has 132 valence electrons. The van der Waals surface area contributed by atoms with Crippen molar-refractivity contribution in [2.24, 2.45) is 5.92 Å². The van der Waals surface area contributed by atoms with Crippen molar-refractivity contribution in [1.82, 2.24) is 14.9 Å². The quantitative estimate of drug-likeness (QED) is 0.908. The fourth-order valence-electron chi connectivity index (χ4n) is 3.35. The van der Waals surface area contributed by atoms with Crippen molar-refractivity contribution in [1.29, 1.82) is 0 Å². The minimum Gasteiger partial charge on any atom is -0.372 e. The Bertz CT molecular complexity index is 720. The van der Waals surface area contributed by atoms with E-state index < -0.39 is 0 Å². The molecule has 1 N–H and O–H groups in total. The third-order valence-corrected chi connectivity index (χ3v) is 4.63. The zero-order chi connectivity index (χ0) is 17.6. The summed E-state index contributed by atoms with van der Waals surface area (Å²) in [5.74, 6) is 1.01. The lowest BCUT2D eigenvalue weighted by Gasteiger charge is -2.33. The summed E-state index contributed by atoms with van der Waals surface area (Å²) in [6.07, 6.45) is 6.59. The second-order valence-corrected chi connectivity index (χ2v) is 6.46. The zero-order valence-electron chi connectivity index (χ0n) is 14.4. The number of aromatic nitrogens is 2. The highest BCUT2D eigenvalue weighted by molar-refractivity contribution is 5.78. The van der Waals surface area contributed by atoms with Crippen LogP contribution in [0, 0.1) is 11.7 Å². The van der Waals surface area contributed by atoms with Crippen LogP contribution >= 0.6 is 0 Å². The third-order valence-electron chi connectivity index (χ3n) is 4.63. The molecule has 1 fully saturated rings. The summed E-state index contributed by atoms with van der Waals surface area (Å²) in [5.41, 5.74) is 1.79. The Morgan fingerprint density at radius 1 is 1.28 bits per heavy atom. The van der Waals surface area contributed by atoms with Crippen molar-refractivity contribution in [3.05, 3.63) is 53.7 Å². The molecule has 0 bridgehead atoms. The Labute approximate surface area is 147 Å². The number of carbonyl (C=O) groups excluding carboxylic acids is 1. The predicted molar refractivity (Wildman–Crippen MR) is 94.7 cm³/mol. The summed E-state index contributed by atoms with van der Waals surface area (Å²) < 4.78 is 13.0. The number of nitrogens with zero attached hydrogens (tertiary/aromatic N) is 3. The van der Waals surface area contributed by atoms with E-state index in [1.807, 2.05) is 11.9 Å². The minimum atomic E-state index is -0.279. The molecule has 2 aromatic rings. The average molecular weight is 342 g/mol. The molecular formula is C19H23FN4O. The lowest BCUT2D eigenvalue weighted by Crippen LogP contribution is -2.41. The molecule has 0 spiro atoms. The first-order chi connectivity index (χ1) is 12.2. The number of halogens is 1. The van der Waals surface area contributed by atoms with E-state index in [9.17, 15) is 9.18 Å². The second kappa shape index (κ2) is 8.05. The monoisotopic (exact) mass is 342 g/mol. The fourth-order valence-corrected chi connectivity index (χ4v) is 3.35. The number of rotatable bonds is 5. The van der Waals surface area contributed by atoms with Gasteiger partial charge in [-0.1, -0.05) is 12.1 Å². The van der Waals surface area contributed by atoms with E-state index >= 15 is 0 Å². The highest BCUT2D eigenvalue weighted by Crippen LogP contribution is 2.23.